The van der Waals surface area contributed by atoms with Crippen LogP contribution < -0.4 is 4.90 Å². The van der Waals surface area contributed by atoms with E-state index in [2.05, 4.69) is 0 Å². The summed E-state index contributed by atoms with van der Waals surface area (Å²) in [6.07, 6.45) is 0.128. The number of anilines is 1. The zero-order valence-electron chi connectivity index (χ0n) is 12.2. The predicted molar refractivity (Wildman–Crippen MR) is 82.8 cm³/mol. The van der Waals surface area contributed by atoms with Crippen molar-refractivity contribution in [3.63, 3.8) is 0 Å². The van der Waals surface area contributed by atoms with E-state index in [-0.39, 0.29) is 31.4 Å². The number of esters is 1. The molecule has 22 heavy (non-hydrogen) atoms. The smallest absolute Gasteiger partial charge is 0.338 e. The number of ether oxygens (including phenoxy) is 1. The minimum absolute atomic E-state index is 0.0309. The molecule has 6 nitrogen and oxygen atoms in total. The molecule has 0 spiro atoms. The summed E-state index contributed by atoms with van der Waals surface area (Å²) in [5.74, 6) is -0.583. The van der Waals surface area contributed by atoms with E-state index in [0.717, 1.165) is 4.90 Å². The van der Waals surface area contributed by atoms with Crippen molar-refractivity contribution in [1.29, 1.82) is 0 Å². The molecule has 118 valence electrons. The second kappa shape index (κ2) is 7.42. The average Bonchev–Trinajstić information content (AvgIpc) is 2.80. The molecule has 7 heteroatoms. The Hall–Kier alpha value is -1.86. The van der Waals surface area contributed by atoms with E-state index >= 15 is 0 Å². The average molecular weight is 323 g/mol. The number of imide groups is 1. The topological polar surface area (TPSA) is 83.9 Å². The lowest BCUT2D eigenvalue weighted by molar-refractivity contribution is -0.121. The minimum atomic E-state index is -0.454. The molecule has 0 unspecified atom stereocenters. The Morgan fingerprint density at radius 3 is 2.64 bits per heavy atom. The molecule has 1 saturated heterocycles. The third-order valence-electron chi connectivity index (χ3n) is 3.15. The quantitative estimate of drug-likeness (QED) is 0.626. The first-order chi connectivity index (χ1) is 10.6. The highest BCUT2D eigenvalue weighted by molar-refractivity contribution is 8.00. The molecule has 1 heterocycles. The van der Waals surface area contributed by atoms with Crippen molar-refractivity contribution in [2.24, 2.45) is 0 Å². The van der Waals surface area contributed by atoms with Crippen LogP contribution in [0.1, 0.15) is 23.7 Å². The molecule has 1 aromatic rings. The van der Waals surface area contributed by atoms with Crippen molar-refractivity contribution in [2.75, 3.05) is 23.9 Å². The first-order valence-electron chi connectivity index (χ1n) is 6.95. The lowest BCUT2D eigenvalue weighted by Crippen LogP contribution is -2.31. The first-order valence-corrected chi connectivity index (χ1v) is 7.99. The van der Waals surface area contributed by atoms with Gasteiger partial charge in [0.05, 0.1) is 29.7 Å². The van der Waals surface area contributed by atoms with Gasteiger partial charge < -0.3 is 9.84 Å². The van der Waals surface area contributed by atoms with Gasteiger partial charge in [0, 0.05) is 12.2 Å². The van der Waals surface area contributed by atoms with E-state index in [1.807, 2.05) is 0 Å². The number of aliphatic hydroxyl groups excluding tert-OH is 1. The van der Waals surface area contributed by atoms with E-state index in [9.17, 15) is 14.4 Å². The molecule has 1 atom stereocenters. The molecule has 2 rings (SSSR count). The van der Waals surface area contributed by atoms with Gasteiger partial charge in [0.2, 0.25) is 11.8 Å². The van der Waals surface area contributed by atoms with Crippen molar-refractivity contribution < 1.29 is 24.2 Å². The van der Waals surface area contributed by atoms with E-state index in [1.165, 1.54) is 23.9 Å². The van der Waals surface area contributed by atoms with Crippen LogP contribution in [-0.2, 0) is 14.3 Å². The monoisotopic (exact) mass is 323 g/mol. The van der Waals surface area contributed by atoms with Crippen LogP contribution in [0.2, 0.25) is 0 Å². The number of nitrogens with zero attached hydrogens (tertiary/aromatic N) is 1. The van der Waals surface area contributed by atoms with Crippen molar-refractivity contribution >= 4 is 35.2 Å². The Morgan fingerprint density at radius 2 is 2.05 bits per heavy atom. The summed E-state index contributed by atoms with van der Waals surface area (Å²) in [7, 11) is 0. The Kier molecular flexibility index (Phi) is 5.57. The maximum atomic E-state index is 12.3. The van der Waals surface area contributed by atoms with Crippen LogP contribution in [-0.4, -0.2) is 47.1 Å². The zero-order chi connectivity index (χ0) is 16.1. The number of hydrogen-bond donors (Lipinski definition) is 1. The summed E-state index contributed by atoms with van der Waals surface area (Å²) in [4.78, 5) is 37.0. The molecule has 0 aliphatic carbocycles. The van der Waals surface area contributed by atoms with E-state index in [4.69, 9.17) is 9.84 Å². The van der Waals surface area contributed by atoms with Crippen LogP contribution in [0.5, 0.6) is 0 Å². The van der Waals surface area contributed by atoms with E-state index < -0.39 is 11.2 Å². The van der Waals surface area contributed by atoms with Gasteiger partial charge in [-0.1, -0.05) is 0 Å². The molecule has 1 fully saturated rings. The second-order valence-electron chi connectivity index (χ2n) is 4.62. The summed E-state index contributed by atoms with van der Waals surface area (Å²) in [5.41, 5.74) is 0.811. The summed E-state index contributed by atoms with van der Waals surface area (Å²) in [6.45, 7) is 1.97. The molecular weight excluding hydrogens is 306 g/mol. The van der Waals surface area contributed by atoms with Gasteiger partial charge in [-0.2, -0.15) is 0 Å². The summed E-state index contributed by atoms with van der Waals surface area (Å²) in [6, 6.07) is 6.17. The number of carbonyl (C=O) groups excluding carboxylic acids is 3. The highest BCUT2D eigenvalue weighted by Crippen LogP contribution is 2.29. The number of thioether (sulfide) groups is 1. The van der Waals surface area contributed by atoms with Crippen LogP contribution in [0.3, 0.4) is 0 Å². The molecule has 0 saturated carbocycles. The first kappa shape index (κ1) is 16.5. The summed E-state index contributed by atoms with van der Waals surface area (Å²) in [5, 5.41) is 8.36. The van der Waals surface area contributed by atoms with Gasteiger partial charge in [-0.05, 0) is 31.2 Å². The largest absolute Gasteiger partial charge is 0.462 e. The van der Waals surface area contributed by atoms with Crippen LogP contribution in [0.4, 0.5) is 5.69 Å². The predicted octanol–water partition coefficient (Wildman–Crippen LogP) is 1.22. The van der Waals surface area contributed by atoms with Crippen LogP contribution in [0.25, 0.3) is 0 Å². The van der Waals surface area contributed by atoms with Gasteiger partial charge in [-0.3, -0.25) is 9.59 Å². The Balaban J connectivity index is 2.12. The third kappa shape index (κ3) is 3.48. The molecule has 0 radical (unpaired) electrons. The van der Waals surface area contributed by atoms with Crippen molar-refractivity contribution in [3.05, 3.63) is 29.8 Å². The fraction of sp³-hybridized carbons (Fsp3) is 0.400. The van der Waals surface area contributed by atoms with Gasteiger partial charge in [-0.25, -0.2) is 9.69 Å². The number of hydrogen-bond acceptors (Lipinski definition) is 6. The highest BCUT2D eigenvalue weighted by Gasteiger charge is 2.39. The molecule has 2 amide bonds. The lowest BCUT2D eigenvalue weighted by Gasteiger charge is -2.15. The maximum absolute atomic E-state index is 12.3. The normalized spacial score (nSPS) is 17.9. The van der Waals surface area contributed by atoms with Gasteiger partial charge in [0.1, 0.15) is 0 Å². The zero-order valence-corrected chi connectivity index (χ0v) is 13.0. The Labute approximate surface area is 132 Å². The number of benzene rings is 1. The number of amides is 2. The van der Waals surface area contributed by atoms with Gasteiger partial charge in [0.15, 0.2) is 0 Å². The minimum Gasteiger partial charge on any atom is -0.462 e. The number of aliphatic hydroxyl groups is 1. The Bertz CT molecular complexity index is 572. The summed E-state index contributed by atoms with van der Waals surface area (Å²) < 4.78 is 4.88. The van der Waals surface area contributed by atoms with E-state index in [1.54, 1.807) is 19.1 Å². The fourth-order valence-corrected chi connectivity index (χ4v) is 3.06. The molecule has 1 aliphatic rings. The second-order valence-corrected chi connectivity index (χ2v) is 5.93. The molecule has 1 N–H and O–H groups in total. The molecule has 1 aromatic carbocycles. The Morgan fingerprint density at radius 1 is 1.36 bits per heavy atom. The molecule has 0 bridgehead atoms. The number of rotatable bonds is 6. The fourth-order valence-electron chi connectivity index (χ4n) is 2.16. The third-order valence-corrected chi connectivity index (χ3v) is 4.34. The van der Waals surface area contributed by atoms with Crippen LogP contribution in [0, 0.1) is 0 Å². The van der Waals surface area contributed by atoms with E-state index in [0.29, 0.717) is 17.0 Å². The van der Waals surface area contributed by atoms with Crippen molar-refractivity contribution in [3.8, 4) is 0 Å². The lowest BCUT2D eigenvalue weighted by atomic mass is 10.2. The number of carbonyl (C=O) groups is 3. The standard InChI is InChI=1S/C15H17NO5S/c1-2-21-15(20)10-3-5-11(6-4-10)16-13(18)9-12(14(16)19)22-8-7-17/h3-6,12,17H,2,7-9H2,1H3/t12-/m1/s1. The SMILES string of the molecule is CCOC(=O)c1ccc(N2C(=O)C[C@@H](SCCO)C2=O)cc1. The summed E-state index contributed by atoms with van der Waals surface area (Å²) >= 11 is 1.27. The molecular formula is C15H17NO5S. The van der Waals surface area contributed by atoms with Gasteiger partial charge >= 0.3 is 5.97 Å². The van der Waals surface area contributed by atoms with Crippen LogP contribution in [0.15, 0.2) is 24.3 Å². The van der Waals surface area contributed by atoms with Gasteiger partial charge in [-0.15, -0.1) is 11.8 Å². The molecule has 0 aromatic heterocycles. The highest BCUT2D eigenvalue weighted by atomic mass is 32.2. The van der Waals surface area contributed by atoms with Crippen molar-refractivity contribution in [2.45, 2.75) is 18.6 Å². The van der Waals surface area contributed by atoms with Gasteiger partial charge in [0.25, 0.3) is 0 Å². The van der Waals surface area contributed by atoms with Crippen molar-refractivity contribution in [1.82, 2.24) is 0 Å². The maximum Gasteiger partial charge on any atom is 0.338 e. The molecule has 1 aliphatic heterocycles. The van der Waals surface area contributed by atoms with Crippen LogP contribution >= 0.6 is 11.8 Å².